The Balaban J connectivity index is 2.90. The first kappa shape index (κ1) is 24.0. The molecule has 0 aliphatic heterocycles. The summed E-state index contributed by atoms with van der Waals surface area (Å²) in [7, 11) is 0. The fourth-order valence-corrected chi connectivity index (χ4v) is 2.29. The van der Waals surface area contributed by atoms with Crippen LogP contribution in [-0.2, 0) is 25.6 Å². The highest BCUT2D eigenvalue weighted by molar-refractivity contribution is 5.94. The van der Waals surface area contributed by atoms with Gasteiger partial charge in [0.25, 0.3) is 0 Å². The van der Waals surface area contributed by atoms with Gasteiger partial charge in [0.1, 0.15) is 18.1 Å². The Hall–Kier alpha value is -3.02. The second kappa shape index (κ2) is 11.7. The summed E-state index contributed by atoms with van der Waals surface area (Å²) in [6, 6.07) is 3.73. The molecular formula is C18H26N4O7. The summed E-state index contributed by atoms with van der Waals surface area (Å²) in [4.78, 5) is 47.6. The maximum atomic E-state index is 12.6. The zero-order chi connectivity index (χ0) is 22.0. The third-order valence-corrected chi connectivity index (χ3v) is 3.94. The lowest BCUT2D eigenvalue weighted by Gasteiger charge is -2.23. The van der Waals surface area contributed by atoms with Crippen LogP contribution < -0.4 is 21.7 Å². The molecule has 4 unspecified atom stereocenters. The van der Waals surface area contributed by atoms with E-state index in [9.17, 15) is 24.3 Å². The van der Waals surface area contributed by atoms with E-state index in [0.29, 0.717) is 0 Å². The number of aliphatic hydroxyl groups excluding tert-OH is 2. The van der Waals surface area contributed by atoms with Crippen LogP contribution in [-0.4, -0.2) is 76.4 Å². The summed E-state index contributed by atoms with van der Waals surface area (Å²) in [6.07, 6.45) is 0.0965. The first-order valence-corrected chi connectivity index (χ1v) is 8.84. The van der Waals surface area contributed by atoms with Crippen LogP contribution in [0.3, 0.4) is 0 Å². The van der Waals surface area contributed by atoms with Gasteiger partial charge >= 0.3 is 5.97 Å². The first-order valence-electron chi connectivity index (χ1n) is 8.84. The second-order valence-electron chi connectivity index (χ2n) is 6.37. The third-order valence-electron chi connectivity index (χ3n) is 3.94. The van der Waals surface area contributed by atoms with Gasteiger partial charge in [0.15, 0.2) is 0 Å². The number of nitrogens with two attached hydrogens (primary N) is 1. The molecule has 4 atom stereocenters. The number of rotatable bonds is 11. The predicted octanol–water partition coefficient (Wildman–Crippen LogP) is -2.90. The number of carbonyl (C=O) groups is 4. The van der Waals surface area contributed by atoms with E-state index in [2.05, 4.69) is 10.6 Å². The van der Waals surface area contributed by atoms with Crippen molar-refractivity contribution < 1.29 is 34.5 Å². The maximum absolute atomic E-state index is 12.6. The monoisotopic (exact) mass is 410 g/mol. The van der Waals surface area contributed by atoms with Gasteiger partial charge in [-0.25, -0.2) is 4.79 Å². The van der Waals surface area contributed by atoms with Crippen molar-refractivity contribution in [3.63, 3.8) is 0 Å². The summed E-state index contributed by atoms with van der Waals surface area (Å²) < 4.78 is 0. The minimum absolute atomic E-state index is 0.0965. The SMILES string of the molecule is CC(N)C(=O)NC(Cc1ccccc1)C(=O)NC(CO)C(=O)NC(CO)C(=O)O. The van der Waals surface area contributed by atoms with Crippen LogP contribution in [0.5, 0.6) is 0 Å². The minimum atomic E-state index is -1.59. The van der Waals surface area contributed by atoms with Crippen LogP contribution in [0, 0.1) is 0 Å². The summed E-state index contributed by atoms with van der Waals surface area (Å²) >= 11 is 0. The predicted molar refractivity (Wildman–Crippen MR) is 101 cm³/mol. The number of hydrogen-bond acceptors (Lipinski definition) is 7. The van der Waals surface area contributed by atoms with Crippen molar-refractivity contribution in [1.82, 2.24) is 16.0 Å². The Morgan fingerprint density at radius 3 is 1.83 bits per heavy atom. The Morgan fingerprint density at radius 2 is 1.34 bits per heavy atom. The number of amides is 3. The molecule has 0 fully saturated rings. The molecule has 1 aromatic rings. The fourth-order valence-electron chi connectivity index (χ4n) is 2.29. The molecular weight excluding hydrogens is 384 g/mol. The Morgan fingerprint density at radius 1 is 0.862 bits per heavy atom. The second-order valence-corrected chi connectivity index (χ2v) is 6.37. The fraction of sp³-hybridized carbons (Fsp3) is 0.444. The highest BCUT2D eigenvalue weighted by atomic mass is 16.4. The van der Waals surface area contributed by atoms with Gasteiger partial charge in [-0.3, -0.25) is 14.4 Å². The standard InChI is InChI=1S/C18H26N4O7/c1-10(19)15(25)20-12(7-11-5-3-2-4-6-11)16(26)21-13(8-23)17(27)22-14(9-24)18(28)29/h2-6,10,12-14,23-24H,7-9,19H2,1H3,(H,20,25)(H,21,26)(H,22,27)(H,28,29). The van der Waals surface area contributed by atoms with Gasteiger partial charge in [0.2, 0.25) is 17.7 Å². The molecule has 160 valence electrons. The molecule has 0 bridgehead atoms. The van der Waals surface area contributed by atoms with Crippen LogP contribution in [0.15, 0.2) is 30.3 Å². The van der Waals surface area contributed by atoms with Crippen LogP contribution in [0.4, 0.5) is 0 Å². The van der Waals surface area contributed by atoms with E-state index in [-0.39, 0.29) is 6.42 Å². The van der Waals surface area contributed by atoms with Gasteiger partial charge in [-0.15, -0.1) is 0 Å². The molecule has 3 amide bonds. The topological polar surface area (TPSA) is 191 Å². The molecule has 0 spiro atoms. The summed E-state index contributed by atoms with van der Waals surface area (Å²) in [5.41, 5.74) is 6.26. The summed E-state index contributed by atoms with van der Waals surface area (Å²) in [5, 5.41) is 34.0. The van der Waals surface area contributed by atoms with Crippen molar-refractivity contribution in [3.8, 4) is 0 Å². The van der Waals surface area contributed by atoms with E-state index >= 15 is 0 Å². The molecule has 0 aliphatic rings. The number of nitrogens with one attached hydrogen (secondary N) is 3. The van der Waals surface area contributed by atoms with E-state index in [1.165, 1.54) is 6.92 Å². The lowest BCUT2D eigenvalue weighted by Crippen LogP contribution is -2.58. The molecule has 0 heterocycles. The van der Waals surface area contributed by atoms with Crippen LogP contribution in [0.2, 0.25) is 0 Å². The Kier molecular flexibility index (Phi) is 9.72. The maximum Gasteiger partial charge on any atom is 0.328 e. The normalized spacial score (nSPS) is 14.8. The van der Waals surface area contributed by atoms with Gasteiger partial charge in [0, 0.05) is 6.42 Å². The smallest absolute Gasteiger partial charge is 0.328 e. The number of carbonyl (C=O) groups excluding carboxylic acids is 3. The number of hydrogen-bond donors (Lipinski definition) is 7. The quantitative estimate of drug-likeness (QED) is 0.202. The average molecular weight is 410 g/mol. The minimum Gasteiger partial charge on any atom is -0.480 e. The van der Waals surface area contributed by atoms with Crippen LogP contribution in [0.1, 0.15) is 12.5 Å². The zero-order valence-electron chi connectivity index (χ0n) is 15.9. The molecule has 11 nitrogen and oxygen atoms in total. The van der Waals surface area contributed by atoms with Gasteiger partial charge < -0.3 is 37.0 Å². The van der Waals surface area contributed by atoms with Crippen molar-refractivity contribution in [1.29, 1.82) is 0 Å². The van der Waals surface area contributed by atoms with Crippen molar-refractivity contribution in [2.24, 2.45) is 5.73 Å². The van der Waals surface area contributed by atoms with Crippen molar-refractivity contribution in [3.05, 3.63) is 35.9 Å². The average Bonchev–Trinajstić information content (AvgIpc) is 2.69. The van der Waals surface area contributed by atoms with Crippen molar-refractivity contribution in [2.45, 2.75) is 37.5 Å². The molecule has 0 aliphatic carbocycles. The van der Waals surface area contributed by atoms with Crippen LogP contribution in [0.25, 0.3) is 0 Å². The van der Waals surface area contributed by atoms with Crippen molar-refractivity contribution in [2.75, 3.05) is 13.2 Å². The van der Waals surface area contributed by atoms with Gasteiger partial charge in [-0.1, -0.05) is 30.3 Å². The number of benzene rings is 1. The van der Waals surface area contributed by atoms with E-state index in [1.807, 2.05) is 5.32 Å². The molecule has 0 aromatic heterocycles. The molecule has 0 radical (unpaired) electrons. The van der Waals surface area contributed by atoms with Gasteiger partial charge in [-0.05, 0) is 12.5 Å². The van der Waals surface area contributed by atoms with E-state index in [1.54, 1.807) is 30.3 Å². The van der Waals surface area contributed by atoms with Gasteiger partial charge in [0.05, 0.1) is 19.3 Å². The van der Waals surface area contributed by atoms with E-state index in [0.717, 1.165) is 5.56 Å². The number of carboxylic acid groups (broad SMARTS) is 1. The van der Waals surface area contributed by atoms with Crippen LogP contribution >= 0.6 is 0 Å². The molecule has 1 rings (SSSR count). The molecule has 0 saturated carbocycles. The Labute approximate surface area is 167 Å². The summed E-state index contributed by atoms with van der Waals surface area (Å²) in [6.45, 7) is -0.249. The van der Waals surface area contributed by atoms with Crippen molar-refractivity contribution >= 4 is 23.7 Å². The number of carboxylic acids is 1. The number of aliphatic carboxylic acids is 1. The molecule has 8 N–H and O–H groups in total. The number of aliphatic hydroxyl groups is 2. The zero-order valence-corrected chi connectivity index (χ0v) is 15.9. The van der Waals surface area contributed by atoms with E-state index in [4.69, 9.17) is 15.9 Å². The molecule has 11 heteroatoms. The third kappa shape index (κ3) is 7.86. The molecule has 1 aromatic carbocycles. The first-order chi connectivity index (χ1) is 13.7. The largest absolute Gasteiger partial charge is 0.480 e. The summed E-state index contributed by atoms with van der Waals surface area (Å²) in [5.74, 6) is -3.83. The highest BCUT2D eigenvalue weighted by Crippen LogP contribution is 2.04. The lowest BCUT2D eigenvalue weighted by molar-refractivity contribution is -0.143. The highest BCUT2D eigenvalue weighted by Gasteiger charge is 2.29. The Bertz CT molecular complexity index is 711. The lowest BCUT2D eigenvalue weighted by atomic mass is 10.0. The molecule has 0 saturated heterocycles. The van der Waals surface area contributed by atoms with E-state index < -0.39 is 61.1 Å². The molecule has 29 heavy (non-hydrogen) atoms. The van der Waals surface area contributed by atoms with Gasteiger partial charge in [-0.2, -0.15) is 0 Å².